The van der Waals surface area contributed by atoms with Gasteiger partial charge < -0.3 is 14.9 Å². The van der Waals surface area contributed by atoms with E-state index in [1.807, 2.05) is 0 Å². The lowest BCUT2D eigenvalue weighted by molar-refractivity contribution is -0.00429. The first kappa shape index (κ1) is 7.91. The van der Waals surface area contributed by atoms with Crippen LogP contribution in [0.25, 0.3) is 0 Å². The Morgan fingerprint density at radius 2 is 2.20 bits per heavy atom. The third-order valence-corrected chi connectivity index (χ3v) is 1.73. The topological polar surface area (TPSA) is 49.7 Å². The van der Waals surface area contributed by atoms with Crippen LogP contribution in [0, 0.1) is 0 Å². The largest absolute Gasteiger partial charge is 0.394 e. The molecule has 0 saturated carbocycles. The van der Waals surface area contributed by atoms with Crippen LogP contribution in [-0.2, 0) is 4.74 Å². The highest BCUT2D eigenvalue weighted by molar-refractivity contribution is 4.88. The molecule has 0 aromatic rings. The molecular weight excluding hydrogens is 139 g/mol. The van der Waals surface area contributed by atoms with Gasteiger partial charge in [0.25, 0.3) is 0 Å². The molecule has 10 heavy (non-hydrogen) atoms. The highest BCUT2D eigenvalue weighted by Crippen LogP contribution is 2.22. The fourth-order valence-electron chi connectivity index (χ4n) is 1.05. The summed E-state index contributed by atoms with van der Waals surface area (Å²) in [6.45, 7) is 1.20. The van der Waals surface area contributed by atoms with Crippen molar-refractivity contribution < 1.29 is 19.3 Å². The highest BCUT2D eigenvalue weighted by Gasteiger charge is 2.41. The zero-order valence-corrected chi connectivity index (χ0v) is 5.70. The number of ether oxygens (including phenoxy) is 1. The van der Waals surface area contributed by atoms with Crippen LogP contribution in [0.3, 0.4) is 0 Å². The molecule has 0 radical (unpaired) electrons. The van der Waals surface area contributed by atoms with Crippen LogP contribution in [0.5, 0.6) is 0 Å². The fraction of sp³-hybridized carbons (Fsp3) is 1.00. The van der Waals surface area contributed by atoms with Crippen molar-refractivity contribution in [2.75, 3.05) is 6.61 Å². The SMILES string of the molecule is C[C@@H]1O[C@H](CO)[C@H](F)[C@H]1O. The third-order valence-electron chi connectivity index (χ3n) is 1.73. The minimum absolute atomic E-state index is 0.372. The summed E-state index contributed by atoms with van der Waals surface area (Å²) in [5, 5.41) is 17.5. The molecule has 4 atom stereocenters. The van der Waals surface area contributed by atoms with Crippen molar-refractivity contribution in [3.05, 3.63) is 0 Å². The predicted octanol–water partition coefficient (Wildman–Crippen LogP) is -0.535. The summed E-state index contributed by atoms with van der Waals surface area (Å²) in [7, 11) is 0. The number of hydrogen-bond acceptors (Lipinski definition) is 3. The summed E-state index contributed by atoms with van der Waals surface area (Å²) in [4.78, 5) is 0. The van der Waals surface area contributed by atoms with Gasteiger partial charge in [-0.1, -0.05) is 0 Å². The van der Waals surface area contributed by atoms with Crippen LogP contribution in [0.15, 0.2) is 0 Å². The van der Waals surface area contributed by atoms with Crippen LogP contribution < -0.4 is 0 Å². The first-order valence-corrected chi connectivity index (χ1v) is 3.25. The van der Waals surface area contributed by atoms with Gasteiger partial charge in [-0.3, -0.25) is 0 Å². The molecule has 0 unspecified atom stereocenters. The maximum Gasteiger partial charge on any atom is 0.157 e. The Labute approximate surface area is 58.4 Å². The van der Waals surface area contributed by atoms with Gasteiger partial charge in [-0.25, -0.2) is 4.39 Å². The smallest absolute Gasteiger partial charge is 0.157 e. The Kier molecular flexibility index (Phi) is 2.23. The van der Waals surface area contributed by atoms with Crippen molar-refractivity contribution in [3.63, 3.8) is 0 Å². The number of halogens is 1. The molecular formula is C6H11FO3. The van der Waals surface area contributed by atoms with Gasteiger partial charge in [-0.15, -0.1) is 0 Å². The maximum atomic E-state index is 12.7. The Bertz CT molecular complexity index is 120. The van der Waals surface area contributed by atoms with Crippen molar-refractivity contribution in [1.82, 2.24) is 0 Å². The van der Waals surface area contributed by atoms with Crippen LogP contribution in [0.4, 0.5) is 4.39 Å². The molecule has 1 rings (SSSR count). The Morgan fingerprint density at radius 1 is 1.60 bits per heavy atom. The molecule has 1 aliphatic rings. The molecule has 0 aromatic heterocycles. The van der Waals surface area contributed by atoms with Gasteiger partial charge in [0.15, 0.2) is 6.17 Å². The standard InChI is InChI=1S/C6H11FO3/c1-3-6(9)5(7)4(2-8)10-3/h3-6,8-9H,2H2,1H3/t3-,4+,5-,6-/m0/s1. The van der Waals surface area contributed by atoms with E-state index in [1.165, 1.54) is 0 Å². The van der Waals surface area contributed by atoms with Gasteiger partial charge >= 0.3 is 0 Å². The van der Waals surface area contributed by atoms with Crippen LogP contribution in [-0.4, -0.2) is 41.3 Å². The average Bonchev–Trinajstić information content (AvgIpc) is 2.17. The molecule has 0 aliphatic carbocycles. The van der Waals surface area contributed by atoms with E-state index in [-0.39, 0.29) is 6.61 Å². The first-order valence-electron chi connectivity index (χ1n) is 3.25. The molecule has 2 N–H and O–H groups in total. The van der Waals surface area contributed by atoms with E-state index in [1.54, 1.807) is 6.92 Å². The summed E-state index contributed by atoms with van der Waals surface area (Å²) in [5.74, 6) is 0. The van der Waals surface area contributed by atoms with Crippen LogP contribution in [0.2, 0.25) is 0 Å². The van der Waals surface area contributed by atoms with E-state index in [0.29, 0.717) is 0 Å². The van der Waals surface area contributed by atoms with Gasteiger partial charge in [0, 0.05) is 0 Å². The molecule has 0 aromatic carbocycles. The predicted molar refractivity (Wildman–Crippen MR) is 32.3 cm³/mol. The van der Waals surface area contributed by atoms with E-state index >= 15 is 0 Å². The third kappa shape index (κ3) is 1.14. The normalized spacial score (nSPS) is 48.0. The Morgan fingerprint density at radius 3 is 2.40 bits per heavy atom. The number of rotatable bonds is 1. The molecule has 1 saturated heterocycles. The van der Waals surface area contributed by atoms with Gasteiger partial charge in [0.2, 0.25) is 0 Å². The van der Waals surface area contributed by atoms with Gasteiger partial charge in [-0.2, -0.15) is 0 Å². The fourth-order valence-corrected chi connectivity index (χ4v) is 1.05. The Balaban J connectivity index is 2.53. The number of hydrogen-bond donors (Lipinski definition) is 2. The summed E-state index contributed by atoms with van der Waals surface area (Å²) < 4.78 is 17.6. The molecule has 0 bridgehead atoms. The zero-order chi connectivity index (χ0) is 7.72. The summed E-state index contributed by atoms with van der Waals surface area (Å²) in [5.41, 5.74) is 0. The van der Waals surface area contributed by atoms with E-state index in [2.05, 4.69) is 0 Å². The molecule has 1 heterocycles. The van der Waals surface area contributed by atoms with Crippen molar-refractivity contribution in [1.29, 1.82) is 0 Å². The molecule has 3 nitrogen and oxygen atoms in total. The molecule has 0 spiro atoms. The monoisotopic (exact) mass is 150 g/mol. The second-order valence-corrected chi connectivity index (χ2v) is 2.50. The van der Waals surface area contributed by atoms with Gasteiger partial charge in [0.05, 0.1) is 12.7 Å². The lowest BCUT2D eigenvalue weighted by Crippen LogP contribution is -2.29. The molecule has 60 valence electrons. The van der Waals surface area contributed by atoms with Crippen LogP contribution >= 0.6 is 0 Å². The number of aliphatic hydroxyl groups excluding tert-OH is 2. The second kappa shape index (κ2) is 2.82. The summed E-state index contributed by atoms with van der Waals surface area (Å²) in [6.07, 6.45) is -3.88. The summed E-state index contributed by atoms with van der Waals surface area (Å²) in [6, 6.07) is 0. The van der Waals surface area contributed by atoms with Crippen LogP contribution in [0.1, 0.15) is 6.92 Å². The summed E-state index contributed by atoms with van der Waals surface area (Å²) >= 11 is 0. The van der Waals surface area contributed by atoms with E-state index in [0.717, 1.165) is 0 Å². The van der Waals surface area contributed by atoms with Crippen molar-refractivity contribution in [3.8, 4) is 0 Å². The van der Waals surface area contributed by atoms with E-state index in [9.17, 15) is 4.39 Å². The lowest BCUT2D eigenvalue weighted by atomic mass is 10.1. The van der Waals surface area contributed by atoms with E-state index in [4.69, 9.17) is 14.9 Å². The molecule has 4 heteroatoms. The van der Waals surface area contributed by atoms with Crippen molar-refractivity contribution in [2.45, 2.75) is 31.4 Å². The minimum Gasteiger partial charge on any atom is -0.394 e. The van der Waals surface area contributed by atoms with Gasteiger partial charge in [0.1, 0.15) is 12.2 Å². The first-order chi connectivity index (χ1) is 4.66. The maximum absolute atomic E-state index is 12.7. The Hall–Kier alpha value is -0.190. The number of aliphatic hydroxyl groups is 2. The minimum atomic E-state index is -1.44. The molecule has 1 aliphatic heterocycles. The van der Waals surface area contributed by atoms with Crippen molar-refractivity contribution in [2.24, 2.45) is 0 Å². The zero-order valence-electron chi connectivity index (χ0n) is 5.70. The average molecular weight is 150 g/mol. The van der Waals surface area contributed by atoms with Crippen molar-refractivity contribution >= 4 is 0 Å². The van der Waals surface area contributed by atoms with E-state index < -0.39 is 24.5 Å². The van der Waals surface area contributed by atoms with Gasteiger partial charge in [-0.05, 0) is 6.92 Å². The lowest BCUT2D eigenvalue weighted by Gasteiger charge is -2.07. The highest BCUT2D eigenvalue weighted by atomic mass is 19.1. The number of alkyl halides is 1. The second-order valence-electron chi connectivity index (χ2n) is 2.50. The quantitative estimate of drug-likeness (QED) is 0.528. The molecule has 0 amide bonds. The molecule has 1 fully saturated rings.